The van der Waals surface area contributed by atoms with Gasteiger partial charge >= 0.3 is 0 Å². The largest absolute Gasteiger partial charge is 0.481 e. The van der Waals surface area contributed by atoms with E-state index < -0.39 is 5.97 Å². The average molecular weight is 498 g/mol. The Morgan fingerprint density at radius 3 is 2.43 bits per heavy atom. The monoisotopic (exact) mass is 497 g/mol. The number of nitrogens with one attached hydrogen (secondary N) is 1. The summed E-state index contributed by atoms with van der Waals surface area (Å²) in [6.45, 7) is 3.06. The lowest BCUT2D eigenvalue weighted by atomic mass is 9.97. The zero-order valence-electron chi connectivity index (χ0n) is 20.0. The fourth-order valence-electron chi connectivity index (χ4n) is 4.56. The van der Waals surface area contributed by atoms with Gasteiger partial charge in [-0.1, -0.05) is 43.0 Å². The van der Waals surface area contributed by atoms with E-state index in [9.17, 15) is 0 Å². The van der Waals surface area contributed by atoms with Crippen LogP contribution in [-0.2, 0) is 9.53 Å². The number of piperidine rings is 1. The van der Waals surface area contributed by atoms with Crippen LogP contribution in [0.4, 0.5) is 5.82 Å². The molecule has 1 aromatic carbocycles. The Balaban J connectivity index is 0.000000672. The lowest BCUT2D eigenvalue weighted by Crippen LogP contribution is -2.39. The van der Waals surface area contributed by atoms with E-state index in [2.05, 4.69) is 31.1 Å². The standard InChI is InChI=1S/C24H28ClN5O.C2H4O2/c25-19-6-4-5-17(15-19)23-27-24(29-28-23)18-9-10-22(26-16-18)30-13-11-21(12-14-30)31-20-7-2-1-3-8-20;1-2(3)4/h4-6,9-10,15-16,20-21H,1-3,7-8,11-14H2,(H,27,28,29);1H3,(H,3,4). The summed E-state index contributed by atoms with van der Waals surface area (Å²) in [5.41, 5.74) is 1.80. The van der Waals surface area contributed by atoms with Crippen molar-refractivity contribution < 1.29 is 14.6 Å². The SMILES string of the molecule is CC(=O)O.Clc1cccc(-c2nc(-c3ccc(N4CCC(OC5CCCCC5)CC4)nc3)n[nH]2)c1. The van der Waals surface area contributed by atoms with Crippen LogP contribution in [0.25, 0.3) is 22.8 Å². The molecule has 1 saturated carbocycles. The number of pyridine rings is 1. The number of rotatable bonds is 5. The first-order chi connectivity index (χ1) is 17.0. The van der Waals surface area contributed by atoms with E-state index in [-0.39, 0.29) is 0 Å². The van der Waals surface area contributed by atoms with Crippen molar-refractivity contribution in [3.8, 4) is 22.8 Å². The van der Waals surface area contributed by atoms with Gasteiger partial charge in [-0.3, -0.25) is 9.89 Å². The summed E-state index contributed by atoms with van der Waals surface area (Å²) in [6.07, 6.45) is 11.4. The number of carboxylic acids is 1. The summed E-state index contributed by atoms with van der Waals surface area (Å²) in [5, 5.41) is 15.4. The van der Waals surface area contributed by atoms with E-state index in [1.807, 2.05) is 36.5 Å². The molecule has 0 spiro atoms. The first-order valence-electron chi connectivity index (χ1n) is 12.2. The molecule has 1 aliphatic carbocycles. The third-order valence-corrected chi connectivity index (χ3v) is 6.53. The summed E-state index contributed by atoms with van der Waals surface area (Å²) in [4.78, 5) is 20.6. The van der Waals surface area contributed by atoms with Crippen molar-refractivity contribution in [2.75, 3.05) is 18.0 Å². The van der Waals surface area contributed by atoms with Gasteiger partial charge in [0.1, 0.15) is 5.82 Å². The molecule has 2 N–H and O–H groups in total. The van der Waals surface area contributed by atoms with Gasteiger partial charge < -0.3 is 14.7 Å². The van der Waals surface area contributed by atoms with Crippen molar-refractivity contribution in [2.45, 2.75) is 64.1 Å². The highest BCUT2D eigenvalue weighted by atomic mass is 35.5. The molecule has 0 radical (unpaired) electrons. The number of carbonyl (C=O) groups is 1. The van der Waals surface area contributed by atoms with E-state index >= 15 is 0 Å². The Bertz CT molecular complexity index is 1090. The Labute approximate surface area is 210 Å². The van der Waals surface area contributed by atoms with Crippen molar-refractivity contribution in [2.24, 2.45) is 0 Å². The second-order valence-corrected chi connectivity index (χ2v) is 9.46. The van der Waals surface area contributed by atoms with Crippen LogP contribution in [0, 0.1) is 0 Å². The second kappa shape index (κ2) is 12.1. The van der Waals surface area contributed by atoms with Gasteiger partial charge in [-0.15, -0.1) is 0 Å². The first kappa shape index (κ1) is 25.1. The molecule has 35 heavy (non-hydrogen) atoms. The van der Waals surface area contributed by atoms with Gasteiger partial charge in [0.2, 0.25) is 0 Å². The minimum absolute atomic E-state index is 0.400. The molecule has 2 fully saturated rings. The third kappa shape index (κ3) is 7.26. The maximum atomic E-state index is 9.00. The van der Waals surface area contributed by atoms with Gasteiger partial charge in [0.25, 0.3) is 5.97 Å². The zero-order chi connectivity index (χ0) is 24.6. The molecule has 0 atom stereocenters. The van der Waals surface area contributed by atoms with E-state index in [1.54, 1.807) is 0 Å². The highest BCUT2D eigenvalue weighted by Crippen LogP contribution is 2.27. The Morgan fingerprint density at radius 2 is 1.77 bits per heavy atom. The number of aliphatic carboxylic acids is 1. The Hall–Kier alpha value is -2.97. The predicted octanol–water partition coefficient (Wildman–Crippen LogP) is 5.60. The number of aromatic amines is 1. The topological polar surface area (TPSA) is 104 Å². The molecule has 1 aliphatic heterocycles. The fourth-order valence-corrected chi connectivity index (χ4v) is 4.75. The highest BCUT2D eigenvalue weighted by molar-refractivity contribution is 6.30. The summed E-state index contributed by atoms with van der Waals surface area (Å²) in [6, 6.07) is 11.7. The molecule has 0 bridgehead atoms. The number of aromatic nitrogens is 4. The maximum Gasteiger partial charge on any atom is 0.300 e. The molecule has 2 aromatic heterocycles. The van der Waals surface area contributed by atoms with Crippen LogP contribution >= 0.6 is 11.6 Å². The van der Waals surface area contributed by atoms with Gasteiger partial charge in [0.05, 0.1) is 12.2 Å². The summed E-state index contributed by atoms with van der Waals surface area (Å²) < 4.78 is 6.36. The van der Waals surface area contributed by atoms with E-state index in [4.69, 9.17) is 26.2 Å². The Morgan fingerprint density at radius 1 is 1.06 bits per heavy atom. The van der Waals surface area contributed by atoms with E-state index in [0.29, 0.717) is 28.9 Å². The van der Waals surface area contributed by atoms with Crippen molar-refractivity contribution in [3.05, 3.63) is 47.6 Å². The summed E-state index contributed by atoms with van der Waals surface area (Å²) >= 11 is 6.08. The van der Waals surface area contributed by atoms with Gasteiger partial charge in [0, 0.05) is 42.4 Å². The molecule has 0 amide bonds. The van der Waals surface area contributed by atoms with Gasteiger partial charge in [-0.2, -0.15) is 5.10 Å². The lowest BCUT2D eigenvalue weighted by Gasteiger charge is -2.35. The van der Waals surface area contributed by atoms with Gasteiger partial charge in [0.15, 0.2) is 11.6 Å². The highest BCUT2D eigenvalue weighted by Gasteiger charge is 2.24. The molecule has 3 aromatic rings. The van der Waals surface area contributed by atoms with Gasteiger partial charge in [-0.25, -0.2) is 9.97 Å². The lowest BCUT2D eigenvalue weighted by molar-refractivity contribution is -0.134. The first-order valence-corrected chi connectivity index (χ1v) is 12.6. The van der Waals surface area contributed by atoms with E-state index in [0.717, 1.165) is 49.8 Å². The summed E-state index contributed by atoms with van der Waals surface area (Å²) in [5.74, 6) is 1.50. The molecule has 9 heteroatoms. The van der Waals surface area contributed by atoms with Crippen LogP contribution in [-0.4, -0.2) is 56.5 Å². The number of halogens is 1. The van der Waals surface area contributed by atoms with E-state index in [1.165, 1.54) is 32.1 Å². The second-order valence-electron chi connectivity index (χ2n) is 9.02. The minimum atomic E-state index is -0.833. The molecule has 3 heterocycles. The molecule has 1 saturated heterocycles. The quantitative estimate of drug-likeness (QED) is 0.473. The molecule has 186 valence electrons. The van der Waals surface area contributed by atoms with Crippen LogP contribution in [0.2, 0.25) is 5.02 Å². The number of carboxylic acid groups (broad SMARTS) is 1. The van der Waals surface area contributed by atoms with Crippen molar-refractivity contribution in [1.29, 1.82) is 0 Å². The zero-order valence-corrected chi connectivity index (χ0v) is 20.7. The number of H-pyrrole nitrogens is 1. The van der Waals surface area contributed by atoms with Gasteiger partial charge in [-0.05, 0) is 49.9 Å². The summed E-state index contributed by atoms with van der Waals surface area (Å²) in [7, 11) is 0. The minimum Gasteiger partial charge on any atom is -0.481 e. The third-order valence-electron chi connectivity index (χ3n) is 6.29. The smallest absolute Gasteiger partial charge is 0.300 e. The van der Waals surface area contributed by atoms with Crippen LogP contribution < -0.4 is 4.90 Å². The number of hydrogen-bond donors (Lipinski definition) is 2. The van der Waals surface area contributed by atoms with Crippen molar-refractivity contribution >= 4 is 23.4 Å². The number of benzene rings is 1. The molecule has 0 unspecified atom stereocenters. The van der Waals surface area contributed by atoms with Crippen LogP contribution in [0.15, 0.2) is 42.6 Å². The maximum absolute atomic E-state index is 9.00. The number of ether oxygens (including phenoxy) is 1. The van der Waals surface area contributed by atoms with Crippen molar-refractivity contribution in [1.82, 2.24) is 20.2 Å². The predicted molar refractivity (Wildman–Crippen MR) is 137 cm³/mol. The fraction of sp³-hybridized carbons (Fsp3) is 0.462. The molecule has 2 aliphatic rings. The number of nitrogens with zero attached hydrogens (tertiary/aromatic N) is 4. The molecular formula is C26H32ClN5O3. The molecule has 8 nitrogen and oxygen atoms in total. The Kier molecular flexibility index (Phi) is 8.71. The van der Waals surface area contributed by atoms with Crippen molar-refractivity contribution in [3.63, 3.8) is 0 Å². The van der Waals surface area contributed by atoms with Crippen LogP contribution in [0.1, 0.15) is 51.9 Å². The average Bonchev–Trinajstić information content (AvgIpc) is 3.36. The molecular weight excluding hydrogens is 466 g/mol. The van der Waals surface area contributed by atoms with Crippen LogP contribution in [0.5, 0.6) is 0 Å². The van der Waals surface area contributed by atoms with Crippen LogP contribution in [0.3, 0.4) is 0 Å². The number of hydrogen-bond acceptors (Lipinski definition) is 6. The molecule has 5 rings (SSSR count). The number of anilines is 1. The normalized spacial score (nSPS) is 17.0.